The fraction of sp³-hybridized carbons (Fsp3) is 0.111. The first-order chi connectivity index (χ1) is 6.67. The third-order valence-electron chi connectivity index (χ3n) is 1.50. The molecule has 0 bridgehead atoms. The van der Waals surface area contributed by atoms with Crippen molar-refractivity contribution in [2.24, 2.45) is 4.99 Å². The second-order valence-electron chi connectivity index (χ2n) is 2.45. The maximum Gasteiger partial charge on any atom is 0.236 e. The topological polar surface area (TPSA) is 53.2 Å². The summed E-state index contributed by atoms with van der Waals surface area (Å²) in [6, 6.07) is 4.69. The minimum Gasteiger partial charge on any atom is -0.211 e. The van der Waals surface area contributed by atoms with Crippen molar-refractivity contribution in [3.05, 3.63) is 34.1 Å². The van der Waals surface area contributed by atoms with Gasteiger partial charge in [-0.3, -0.25) is 0 Å². The lowest BCUT2D eigenvalue weighted by molar-refractivity contribution is 0.561. The van der Waals surface area contributed by atoms with Crippen molar-refractivity contribution in [1.82, 2.24) is 0 Å². The van der Waals surface area contributed by atoms with Gasteiger partial charge in [0.15, 0.2) is 6.04 Å². The molecule has 0 spiro atoms. The second kappa shape index (κ2) is 4.66. The standard InChI is InChI=1S/C9H4BrFN2O/c10-7-1-6(2-8(11)3-7)9(4-12)13-5-14/h1-3,9H. The van der Waals surface area contributed by atoms with Gasteiger partial charge in [0.1, 0.15) is 5.82 Å². The van der Waals surface area contributed by atoms with Crippen LogP contribution in [0.15, 0.2) is 27.7 Å². The van der Waals surface area contributed by atoms with Crippen molar-refractivity contribution in [1.29, 1.82) is 5.26 Å². The maximum absolute atomic E-state index is 12.9. The van der Waals surface area contributed by atoms with Crippen LogP contribution in [0.4, 0.5) is 4.39 Å². The summed E-state index contributed by atoms with van der Waals surface area (Å²) >= 11 is 3.07. The molecule has 70 valence electrons. The molecule has 0 heterocycles. The molecule has 0 aliphatic heterocycles. The number of nitrogens with zero attached hydrogens (tertiary/aromatic N) is 2. The van der Waals surface area contributed by atoms with Crippen molar-refractivity contribution in [3.63, 3.8) is 0 Å². The van der Waals surface area contributed by atoms with E-state index in [4.69, 9.17) is 5.26 Å². The molecule has 1 unspecified atom stereocenters. The number of isocyanates is 1. The number of benzene rings is 1. The molecule has 1 aromatic carbocycles. The summed E-state index contributed by atoms with van der Waals surface area (Å²) in [6.07, 6.45) is 1.27. The molecule has 1 atom stereocenters. The Hall–Kier alpha value is -1.50. The predicted octanol–water partition coefficient (Wildman–Crippen LogP) is 2.49. The van der Waals surface area contributed by atoms with Crippen LogP contribution in [-0.2, 0) is 4.79 Å². The van der Waals surface area contributed by atoms with E-state index >= 15 is 0 Å². The molecule has 5 heteroatoms. The average Bonchev–Trinajstić information content (AvgIpc) is 2.12. The van der Waals surface area contributed by atoms with Gasteiger partial charge in [-0.1, -0.05) is 15.9 Å². The maximum atomic E-state index is 12.9. The van der Waals surface area contributed by atoms with Crippen molar-refractivity contribution in [2.45, 2.75) is 6.04 Å². The Labute approximate surface area is 88.0 Å². The molecule has 1 rings (SSSR count). The monoisotopic (exact) mass is 254 g/mol. The molecule has 0 aromatic heterocycles. The van der Waals surface area contributed by atoms with E-state index < -0.39 is 11.9 Å². The number of aliphatic imine (C=N–C) groups is 1. The van der Waals surface area contributed by atoms with Gasteiger partial charge in [-0.15, -0.1) is 0 Å². The first-order valence-electron chi connectivity index (χ1n) is 3.60. The Morgan fingerprint density at radius 1 is 1.50 bits per heavy atom. The van der Waals surface area contributed by atoms with Gasteiger partial charge >= 0.3 is 0 Å². The molecule has 3 nitrogen and oxygen atoms in total. The van der Waals surface area contributed by atoms with Crippen LogP contribution in [0.3, 0.4) is 0 Å². The molecular formula is C9H4BrFN2O. The lowest BCUT2D eigenvalue weighted by Crippen LogP contribution is -1.92. The number of rotatable bonds is 2. The Morgan fingerprint density at radius 3 is 2.71 bits per heavy atom. The SMILES string of the molecule is N#CC(N=C=O)c1cc(F)cc(Br)c1. The van der Waals surface area contributed by atoms with Gasteiger partial charge in [0, 0.05) is 4.47 Å². The van der Waals surface area contributed by atoms with E-state index in [0.29, 0.717) is 10.0 Å². The molecule has 0 N–H and O–H groups in total. The van der Waals surface area contributed by atoms with Crippen LogP contribution in [0.25, 0.3) is 0 Å². The van der Waals surface area contributed by atoms with E-state index in [1.54, 1.807) is 6.07 Å². The number of nitriles is 1. The zero-order valence-electron chi connectivity index (χ0n) is 6.87. The Bertz CT molecular complexity index is 415. The molecule has 14 heavy (non-hydrogen) atoms. The predicted molar refractivity (Wildman–Crippen MR) is 50.6 cm³/mol. The van der Waals surface area contributed by atoms with E-state index in [1.807, 2.05) is 0 Å². The minimum absolute atomic E-state index is 0.322. The van der Waals surface area contributed by atoms with E-state index in [1.165, 1.54) is 18.2 Å². The summed E-state index contributed by atoms with van der Waals surface area (Å²) in [5, 5.41) is 8.63. The van der Waals surface area contributed by atoms with Gasteiger partial charge in [0.05, 0.1) is 6.07 Å². The Morgan fingerprint density at radius 2 is 2.21 bits per heavy atom. The number of carbonyl (C=O) groups excluding carboxylic acids is 1. The van der Waals surface area contributed by atoms with Crippen LogP contribution in [0.1, 0.15) is 11.6 Å². The zero-order chi connectivity index (χ0) is 10.6. The molecule has 1 aromatic rings. The third kappa shape index (κ3) is 2.49. The third-order valence-corrected chi connectivity index (χ3v) is 1.96. The smallest absolute Gasteiger partial charge is 0.211 e. The molecule has 0 saturated carbocycles. The Kier molecular flexibility index (Phi) is 3.52. The van der Waals surface area contributed by atoms with Crippen LogP contribution in [0, 0.1) is 17.1 Å². The largest absolute Gasteiger partial charge is 0.236 e. The molecule has 0 fully saturated rings. The lowest BCUT2D eigenvalue weighted by Gasteiger charge is -2.02. The van der Waals surface area contributed by atoms with Gasteiger partial charge in [-0.2, -0.15) is 10.3 Å². The summed E-state index contributed by atoms with van der Waals surface area (Å²) in [5.74, 6) is -0.490. The highest BCUT2D eigenvalue weighted by molar-refractivity contribution is 9.10. The van der Waals surface area contributed by atoms with Crippen molar-refractivity contribution in [3.8, 4) is 6.07 Å². The first kappa shape index (κ1) is 10.6. The summed E-state index contributed by atoms with van der Waals surface area (Å²) in [7, 11) is 0. The number of halogens is 2. The highest BCUT2D eigenvalue weighted by Gasteiger charge is 2.10. The summed E-state index contributed by atoms with van der Waals surface area (Å²) in [6.45, 7) is 0. The average molecular weight is 255 g/mol. The van der Waals surface area contributed by atoms with Crippen molar-refractivity contribution >= 4 is 22.0 Å². The van der Waals surface area contributed by atoms with Gasteiger partial charge in [-0.05, 0) is 23.8 Å². The van der Waals surface area contributed by atoms with E-state index in [2.05, 4.69) is 20.9 Å². The number of hydrogen-bond acceptors (Lipinski definition) is 3. The van der Waals surface area contributed by atoms with Gasteiger partial charge in [0.25, 0.3) is 0 Å². The highest BCUT2D eigenvalue weighted by Crippen LogP contribution is 2.22. The van der Waals surface area contributed by atoms with E-state index in [-0.39, 0.29) is 0 Å². The fourth-order valence-corrected chi connectivity index (χ4v) is 1.45. The minimum atomic E-state index is -1.00. The normalized spacial score (nSPS) is 11.2. The van der Waals surface area contributed by atoms with Gasteiger partial charge in [-0.25, -0.2) is 9.18 Å². The zero-order valence-corrected chi connectivity index (χ0v) is 8.45. The molecule has 0 aliphatic carbocycles. The van der Waals surface area contributed by atoms with Crippen molar-refractivity contribution in [2.75, 3.05) is 0 Å². The lowest BCUT2D eigenvalue weighted by atomic mass is 10.1. The molecule has 0 radical (unpaired) electrons. The van der Waals surface area contributed by atoms with Crippen molar-refractivity contribution < 1.29 is 9.18 Å². The van der Waals surface area contributed by atoms with Crippen LogP contribution >= 0.6 is 15.9 Å². The van der Waals surface area contributed by atoms with E-state index in [9.17, 15) is 9.18 Å². The molecule has 0 aliphatic rings. The van der Waals surface area contributed by atoms with Crippen LogP contribution < -0.4 is 0 Å². The Balaban J connectivity index is 3.17. The highest BCUT2D eigenvalue weighted by atomic mass is 79.9. The number of hydrogen-bond donors (Lipinski definition) is 0. The summed E-state index contributed by atoms with van der Waals surface area (Å²) in [5.41, 5.74) is 0.322. The van der Waals surface area contributed by atoms with E-state index in [0.717, 1.165) is 6.07 Å². The fourth-order valence-electron chi connectivity index (χ4n) is 0.964. The first-order valence-corrected chi connectivity index (χ1v) is 4.39. The van der Waals surface area contributed by atoms with Crippen LogP contribution in [-0.4, -0.2) is 6.08 Å². The van der Waals surface area contributed by atoms with Crippen LogP contribution in [0.5, 0.6) is 0 Å². The molecule has 0 amide bonds. The van der Waals surface area contributed by atoms with Gasteiger partial charge < -0.3 is 0 Å². The summed E-state index contributed by atoms with van der Waals surface area (Å²) in [4.78, 5) is 13.2. The molecule has 0 saturated heterocycles. The van der Waals surface area contributed by atoms with Crippen LogP contribution in [0.2, 0.25) is 0 Å². The second-order valence-corrected chi connectivity index (χ2v) is 3.37. The summed E-state index contributed by atoms with van der Waals surface area (Å²) < 4.78 is 13.4. The molecular weight excluding hydrogens is 251 g/mol. The quantitative estimate of drug-likeness (QED) is 0.602. The van der Waals surface area contributed by atoms with Gasteiger partial charge in [0.2, 0.25) is 6.08 Å².